The molecule has 12 heavy (non-hydrogen) atoms. The van der Waals surface area contributed by atoms with E-state index in [0.29, 0.717) is 11.5 Å². The van der Waals surface area contributed by atoms with Crippen LogP contribution in [-0.2, 0) is 6.42 Å². The van der Waals surface area contributed by atoms with Gasteiger partial charge in [0.25, 0.3) is 0 Å². The van der Waals surface area contributed by atoms with E-state index in [9.17, 15) is 0 Å². The second-order valence-electron chi connectivity index (χ2n) is 2.26. The molecule has 5 nitrogen and oxygen atoms in total. The first-order valence-corrected chi connectivity index (χ1v) is 3.42. The van der Waals surface area contributed by atoms with Crippen LogP contribution in [0.25, 0.3) is 5.65 Å². The van der Waals surface area contributed by atoms with Crippen molar-refractivity contribution in [2.45, 2.75) is 6.42 Å². The fraction of sp³-hybridized carbons (Fsp3) is 0.143. The molecule has 5 heteroatoms. The van der Waals surface area contributed by atoms with Crippen molar-refractivity contribution in [3.8, 4) is 6.07 Å². The summed E-state index contributed by atoms with van der Waals surface area (Å²) < 4.78 is 1.75. The second kappa shape index (κ2) is 2.58. The Morgan fingerprint density at radius 1 is 1.50 bits per heavy atom. The first-order chi connectivity index (χ1) is 5.92. The quantitative estimate of drug-likeness (QED) is 0.595. The van der Waals surface area contributed by atoms with Gasteiger partial charge in [-0.05, 0) is 0 Å². The highest BCUT2D eigenvalue weighted by Crippen LogP contribution is 2.00. The summed E-state index contributed by atoms with van der Waals surface area (Å²) in [6, 6.07) is 2.02. The van der Waals surface area contributed by atoms with Crippen molar-refractivity contribution in [3.05, 3.63) is 24.4 Å². The molecule has 0 N–H and O–H groups in total. The number of fused-ring (bicyclic) bond motifs is 1. The molecule has 0 bridgehead atoms. The van der Waals surface area contributed by atoms with Crippen LogP contribution in [0.15, 0.2) is 18.6 Å². The third-order valence-electron chi connectivity index (χ3n) is 1.52. The summed E-state index contributed by atoms with van der Waals surface area (Å²) in [5.41, 5.74) is 0.669. The fourth-order valence-corrected chi connectivity index (χ4v) is 0.994. The van der Waals surface area contributed by atoms with Crippen LogP contribution in [0.2, 0.25) is 0 Å². The molecule has 58 valence electrons. The third kappa shape index (κ3) is 0.900. The van der Waals surface area contributed by atoms with Gasteiger partial charge < -0.3 is 0 Å². The van der Waals surface area contributed by atoms with Gasteiger partial charge >= 0.3 is 0 Å². The lowest BCUT2D eigenvalue weighted by molar-refractivity contribution is 0.953. The standard InChI is InChI=1S/C7H5N5/c8-2-1-6-10-11-7-5-9-3-4-12(6)7/h3-5H,1H2. The van der Waals surface area contributed by atoms with Gasteiger partial charge in [-0.15, -0.1) is 10.2 Å². The summed E-state index contributed by atoms with van der Waals surface area (Å²) in [6.45, 7) is 0. The largest absolute Gasteiger partial charge is 0.283 e. The molecule has 0 unspecified atom stereocenters. The molecule has 0 aliphatic rings. The zero-order valence-corrected chi connectivity index (χ0v) is 6.18. The maximum Gasteiger partial charge on any atom is 0.179 e. The zero-order valence-electron chi connectivity index (χ0n) is 6.18. The van der Waals surface area contributed by atoms with Gasteiger partial charge in [-0.1, -0.05) is 0 Å². The normalized spacial score (nSPS) is 9.92. The van der Waals surface area contributed by atoms with Crippen molar-refractivity contribution in [2.24, 2.45) is 0 Å². The highest BCUT2D eigenvalue weighted by molar-refractivity contribution is 5.34. The molecule has 2 aromatic rings. The minimum atomic E-state index is 0.269. The van der Waals surface area contributed by atoms with Gasteiger partial charge in [-0.25, -0.2) is 0 Å². The predicted molar refractivity (Wildman–Crippen MR) is 40.1 cm³/mol. The summed E-state index contributed by atoms with van der Waals surface area (Å²) in [5.74, 6) is 0.648. The van der Waals surface area contributed by atoms with Crippen LogP contribution in [-0.4, -0.2) is 19.6 Å². The fourth-order valence-electron chi connectivity index (χ4n) is 0.994. The van der Waals surface area contributed by atoms with E-state index in [-0.39, 0.29) is 6.42 Å². The monoisotopic (exact) mass is 159 g/mol. The summed E-state index contributed by atoms with van der Waals surface area (Å²) in [5, 5.41) is 16.1. The van der Waals surface area contributed by atoms with Crippen LogP contribution < -0.4 is 0 Å². The summed E-state index contributed by atoms with van der Waals surface area (Å²) in [7, 11) is 0. The number of aromatic nitrogens is 4. The summed E-state index contributed by atoms with van der Waals surface area (Å²) >= 11 is 0. The van der Waals surface area contributed by atoms with Crippen molar-refractivity contribution >= 4 is 5.65 Å². The number of rotatable bonds is 1. The van der Waals surface area contributed by atoms with Crippen LogP contribution in [0.5, 0.6) is 0 Å². The van der Waals surface area contributed by atoms with Gasteiger partial charge in [0.15, 0.2) is 11.5 Å². The average Bonchev–Trinajstić information content (AvgIpc) is 2.50. The molecule has 0 aliphatic heterocycles. The summed E-state index contributed by atoms with van der Waals surface area (Å²) in [6.07, 6.45) is 5.25. The Labute approximate surface area is 68.3 Å². The molecule has 2 heterocycles. The zero-order chi connectivity index (χ0) is 8.39. The maximum absolute atomic E-state index is 8.45. The Morgan fingerprint density at radius 3 is 3.25 bits per heavy atom. The minimum absolute atomic E-state index is 0.269. The summed E-state index contributed by atoms with van der Waals surface area (Å²) in [4.78, 5) is 3.88. The predicted octanol–water partition coefficient (Wildman–Crippen LogP) is 0.190. The van der Waals surface area contributed by atoms with Gasteiger partial charge in [0, 0.05) is 12.4 Å². The van der Waals surface area contributed by atoms with Crippen LogP contribution in [0.1, 0.15) is 5.82 Å². The van der Waals surface area contributed by atoms with E-state index < -0.39 is 0 Å². The van der Waals surface area contributed by atoms with Crippen LogP contribution in [0.4, 0.5) is 0 Å². The van der Waals surface area contributed by atoms with Crippen molar-refractivity contribution in [3.63, 3.8) is 0 Å². The Balaban J connectivity index is 2.64. The molecule has 0 fully saturated rings. The van der Waals surface area contributed by atoms with Gasteiger partial charge in [-0.3, -0.25) is 9.38 Å². The van der Waals surface area contributed by atoms with E-state index in [4.69, 9.17) is 5.26 Å². The lowest BCUT2D eigenvalue weighted by Crippen LogP contribution is -1.92. The maximum atomic E-state index is 8.45. The average molecular weight is 159 g/mol. The van der Waals surface area contributed by atoms with Crippen molar-refractivity contribution in [2.75, 3.05) is 0 Å². The number of nitriles is 1. The molecule has 0 radical (unpaired) electrons. The Morgan fingerprint density at radius 2 is 2.42 bits per heavy atom. The molecular formula is C7H5N5. The smallest absolute Gasteiger partial charge is 0.179 e. The highest BCUT2D eigenvalue weighted by Gasteiger charge is 2.02. The van der Waals surface area contributed by atoms with Gasteiger partial charge in [0.2, 0.25) is 0 Å². The number of nitrogens with zero attached hydrogens (tertiary/aromatic N) is 5. The van der Waals surface area contributed by atoms with E-state index in [1.807, 2.05) is 6.07 Å². The molecule has 0 spiro atoms. The minimum Gasteiger partial charge on any atom is -0.283 e. The first-order valence-electron chi connectivity index (χ1n) is 3.42. The Hall–Kier alpha value is -1.96. The van der Waals surface area contributed by atoms with Crippen LogP contribution in [0.3, 0.4) is 0 Å². The number of hydrogen-bond acceptors (Lipinski definition) is 4. The lowest BCUT2D eigenvalue weighted by Gasteiger charge is -1.91. The van der Waals surface area contributed by atoms with Crippen LogP contribution in [0, 0.1) is 11.3 Å². The SMILES string of the molecule is N#CCc1nnc2cnccn12. The molecular weight excluding hydrogens is 154 g/mol. The van der Waals surface area contributed by atoms with Crippen molar-refractivity contribution in [1.29, 1.82) is 5.26 Å². The molecule has 0 saturated heterocycles. The van der Waals surface area contributed by atoms with Gasteiger partial charge in [0.1, 0.15) is 0 Å². The van der Waals surface area contributed by atoms with Gasteiger partial charge in [0.05, 0.1) is 18.7 Å². The highest BCUT2D eigenvalue weighted by atomic mass is 15.2. The topological polar surface area (TPSA) is 66.9 Å². The van der Waals surface area contributed by atoms with Crippen LogP contribution >= 0.6 is 0 Å². The molecule has 0 aliphatic carbocycles. The second-order valence-corrected chi connectivity index (χ2v) is 2.26. The molecule has 0 saturated carbocycles. The van der Waals surface area contributed by atoms with Gasteiger partial charge in [-0.2, -0.15) is 5.26 Å². The van der Waals surface area contributed by atoms with E-state index in [2.05, 4.69) is 15.2 Å². The van der Waals surface area contributed by atoms with E-state index >= 15 is 0 Å². The lowest BCUT2D eigenvalue weighted by atomic mass is 10.4. The Kier molecular flexibility index (Phi) is 1.45. The molecule has 0 aromatic carbocycles. The van der Waals surface area contributed by atoms with E-state index in [1.54, 1.807) is 23.0 Å². The molecule has 2 rings (SSSR count). The first kappa shape index (κ1) is 6.73. The van der Waals surface area contributed by atoms with Crippen molar-refractivity contribution < 1.29 is 0 Å². The number of hydrogen-bond donors (Lipinski definition) is 0. The molecule has 0 amide bonds. The van der Waals surface area contributed by atoms with E-state index in [0.717, 1.165) is 0 Å². The Bertz CT molecular complexity index is 438. The van der Waals surface area contributed by atoms with Crippen molar-refractivity contribution in [1.82, 2.24) is 19.6 Å². The molecule has 2 aromatic heterocycles. The third-order valence-corrected chi connectivity index (χ3v) is 1.52. The van der Waals surface area contributed by atoms with E-state index in [1.165, 1.54) is 0 Å². The molecule has 0 atom stereocenters.